The van der Waals surface area contributed by atoms with E-state index in [1.807, 2.05) is 30.6 Å². The molecule has 0 aliphatic heterocycles. The molecule has 0 N–H and O–H groups in total. The maximum Gasteiger partial charge on any atom is 0.349 e. The minimum atomic E-state index is 0.745. The van der Waals surface area contributed by atoms with Gasteiger partial charge in [0, 0.05) is 10.9 Å². The van der Waals surface area contributed by atoms with Crippen molar-refractivity contribution >= 4 is 34.3 Å². The zero-order chi connectivity index (χ0) is 19.7. The molecule has 3 heterocycles. The standard InChI is InChI=1S/C24H24N3O/c1-5-10-16-12-13-18-17(6-2)21(7-3)28-23(18)22(16)20-15-26-19-11-9-14-25-24(19)27(20)8-4/h6-7,9,11-15H,2-3,5,8,10H2,1,4H3/q+1. The van der Waals surface area contributed by atoms with E-state index in [4.69, 9.17) is 4.42 Å². The number of nitrogens with zero attached hydrogens (tertiary/aromatic N) is 3. The zero-order valence-corrected chi connectivity index (χ0v) is 16.4. The van der Waals surface area contributed by atoms with Crippen LogP contribution in [0.15, 0.2) is 54.2 Å². The van der Waals surface area contributed by atoms with Crippen molar-refractivity contribution in [3.05, 3.63) is 66.7 Å². The van der Waals surface area contributed by atoms with Gasteiger partial charge in [-0.2, -0.15) is 0 Å². The Kier molecular flexibility index (Phi) is 4.78. The van der Waals surface area contributed by atoms with E-state index < -0.39 is 0 Å². The molecule has 0 spiro atoms. The van der Waals surface area contributed by atoms with Gasteiger partial charge in [-0.1, -0.05) is 44.7 Å². The average Bonchev–Trinajstić information content (AvgIpc) is 3.10. The van der Waals surface area contributed by atoms with Gasteiger partial charge in [0.25, 0.3) is 0 Å². The van der Waals surface area contributed by atoms with Crippen LogP contribution in [0.1, 0.15) is 37.2 Å². The third-order valence-corrected chi connectivity index (χ3v) is 5.13. The number of rotatable bonds is 6. The largest absolute Gasteiger partial charge is 0.455 e. The van der Waals surface area contributed by atoms with Crippen LogP contribution >= 0.6 is 0 Å². The monoisotopic (exact) mass is 370 g/mol. The lowest BCUT2D eigenvalue weighted by molar-refractivity contribution is -0.659. The smallest absolute Gasteiger partial charge is 0.349 e. The van der Waals surface area contributed by atoms with Gasteiger partial charge in [0.1, 0.15) is 17.5 Å². The number of aryl methyl sites for hydroxylation is 2. The Morgan fingerprint density at radius 3 is 2.68 bits per heavy atom. The molecule has 3 aromatic heterocycles. The van der Waals surface area contributed by atoms with Gasteiger partial charge in [-0.15, -0.1) is 0 Å². The van der Waals surface area contributed by atoms with Gasteiger partial charge in [0.2, 0.25) is 0 Å². The Hall–Kier alpha value is -3.27. The molecule has 0 saturated heterocycles. The molecule has 4 nitrogen and oxygen atoms in total. The van der Waals surface area contributed by atoms with Crippen LogP contribution < -0.4 is 4.57 Å². The van der Waals surface area contributed by atoms with Crippen molar-refractivity contribution in [3.63, 3.8) is 0 Å². The van der Waals surface area contributed by atoms with Gasteiger partial charge in [-0.25, -0.2) is 9.55 Å². The summed E-state index contributed by atoms with van der Waals surface area (Å²) in [4.78, 5) is 9.26. The van der Waals surface area contributed by atoms with Crippen molar-refractivity contribution in [1.82, 2.24) is 9.97 Å². The highest BCUT2D eigenvalue weighted by Gasteiger charge is 2.24. The van der Waals surface area contributed by atoms with Gasteiger partial charge >= 0.3 is 5.65 Å². The third kappa shape index (κ3) is 2.73. The van der Waals surface area contributed by atoms with Gasteiger partial charge in [0.15, 0.2) is 11.2 Å². The molecule has 0 radical (unpaired) electrons. The van der Waals surface area contributed by atoms with Crippen LogP contribution in [0.4, 0.5) is 0 Å². The number of benzene rings is 1. The first-order chi connectivity index (χ1) is 13.7. The van der Waals surface area contributed by atoms with Gasteiger partial charge in [-0.3, -0.25) is 0 Å². The summed E-state index contributed by atoms with van der Waals surface area (Å²) in [6.45, 7) is 13.0. The van der Waals surface area contributed by atoms with E-state index in [2.05, 4.69) is 53.7 Å². The second-order valence-electron chi connectivity index (χ2n) is 6.75. The van der Waals surface area contributed by atoms with E-state index in [-0.39, 0.29) is 0 Å². The van der Waals surface area contributed by atoms with Crippen molar-refractivity contribution in [2.75, 3.05) is 0 Å². The maximum absolute atomic E-state index is 6.27. The SMILES string of the molecule is C=Cc1oc2c(-c3cnc4cccnc4[n+]3CC)c(CCC)ccc2c1C=C. The van der Waals surface area contributed by atoms with Gasteiger partial charge in [-0.05, 0) is 42.1 Å². The van der Waals surface area contributed by atoms with Crippen molar-refractivity contribution < 1.29 is 8.98 Å². The number of hydrogen-bond donors (Lipinski definition) is 0. The summed E-state index contributed by atoms with van der Waals surface area (Å²) >= 11 is 0. The molecular weight excluding hydrogens is 346 g/mol. The number of pyridine rings is 1. The van der Waals surface area contributed by atoms with Gasteiger partial charge in [0.05, 0.1) is 18.3 Å². The Morgan fingerprint density at radius 1 is 1.11 bits per heavy atom. The van der Waals surface area contributed by atoms with E-state index in [0.29, 0.717) is 0 Å². The van der Waals surface area contributed by atoms with Crippen LogP contribution in [0.2, 0.25) is 0 Å². The highest BCUT2D eigenvalue weighted by atomic mass is 16.3. The predicted molar refractivity (Wildman–Crippen MR) is 115 cm³/mol. The molecule has 0 bridgehead atoms. The molecule has 4 rings (SSSR count). The van der Waals surface area contributed by atoms with E-state index in [1.54, 1.807) is 6.08 Å². The summed E-state index contributed by atoms with van der Waals surface area (Å²) in [5.41, 5.74) is 6.94. The maximum atomic E-state index is 6.27. The fourth-order valence-electron chi connectivity index (χ4n) is 3.89. The molecule has 140 valence electrons. The number of aromatic nitrogens is 3. The van der Waals surface area contributed by atoms with E-state index in [9.17, 15) is 0 Å². The lowest BCUT2D eigenvalue weighted by atomic mass is 9.96. The third-order valence-electron chi connectivity index (χ3n) is 5.13. The van der Waals surface area contributed by atoms with Crippen LogP contribution in [0.5, 0.6) is 0 Å². The molecule has 0 saturated carbocycles. The Morgan fingerprint density at radius 2 is 1.96 bits per heavy atom. The predicted octanol–water partition coefficient (Wildman–Crippen LogP) is 5.59. The second kappa shape index (κ2) is 7.39. The van der Waals surface area contributed by atoms with Crippen LogP contribution in [0.25, 0.3) is 45.5 Å². The van der Waals surface area contributed by atoms with Crippen LogP contribution in [-0.4, -0.2) is 9.97 Å². The van der Waals surface area contributed by atoms with Crippen molar-refractivity contribution in [3.8, 4) is 11.3 Å². The van der Waals surface area contributed by atoms with Crippen LogP contribution in [0, 0.1) is 0 Å². The molecule has 0 fully saturated rings. The van der Waals surface area contributed by atoms with Crippen molar-refractivity contribution in [1.29, 1.82) is 0 Å². The fraction of sp³-hybridized carbons (Fsp3) is 0.208. The van der Waals surface area contributed by atoms with E-state index in [1.165, 1.54) is 5.56 Å². The first kappa shape index (κ1) is 18.1. The lowest BCUT2D eigenvalue weighted by Crippen LogP contribution is -2.37. The van der Waals surface area contributed by atoms with Crippen molar-refractivity contribution in [2.24, 2.45) is 0 Å². The first-order valence-electron chi connectivity index (χ1n) is 9.70. The molecule has 4 heteroatoms. The minimum Gasteiger partial charge on any atom is -0.455 e. The summed E-state index contributed by atoms with van der Waals surface area (Å²) in [6, 6.07) is 8.22. The minimum absolute atomic E-state index is 0.745. The number of furan rings is 1. The molecule has 4 aromatic rings. The molecule has 0 atom stereocenters. The summed E-state index contributed by atoms with van der Waals surface area (Å²) in [7, 11) is 0. The highest BCUT2D eigenvalue weighted by molar-refractivity contribution is 5.99. The molecule has 0 unspecified atom stereocenters. The first-order valence-corrected chi connectivity index (χ1v) is 9.70. The summed E-state index contributed by atoms with van der Waals surface area (Å²) in [6.07, 6.45) is 9.34. The molecule has 0 aliphatic rings. The van der Waals surface area contributed by atoms with E-state index in [0.717, 1.165) is 64.1 Å². The van der Waals surface area contributed by atoms with Crippen LogP contribution in [0.3, 0.4) is 0 Å². The molecule has 28 heavy (non-hydrogen) atoms. The zero-order valence-electron chi connectivity index (χ0n) is 16.4. The van der Waals surface area contributed by atoms with Gasteiger partial charge < -0.3 is 4.42 Å². The quantitative estimate of drug-likeness (QED) is 0.416. The summed E-state index contributed by atoms with van der Waals surface area (Å²) in [5, 5.41) is 1.04. The second-order valence-corrected chi connectivity index (χ2v) is 6.75. The molecule has 0 amide bonds. The summed E-state index contributed by atoms with van der Waals surface area (Å²) in [5.74, 6) is 0.745. The normalized spacial score (nSPS) is 11.2. The van der Waals surface area contributed by atoms with Crippen LogP contribution in [-0.2, 0) is 13.0 Å². The molecular formula is C24H24N3O+. The summed E-state index contributed by atoms with van der Waals surface area (Å²) < 4.78 is 8.48. The lowest BCUT2D eigenvalue weighted by Gasteiger charge is -2.12. The molecule has 1 aromatic carbocycles. The highest BCUT2D eigenvalue weighted by Crippen LogP contribution is 2.37. The van der Waals surface area contributed by atoms with E-state index >= 15 is 0 Å². The Labute approximate surface area is 164 Å². The Bertz CT molecular complexity index is 1200. The Balaban J connectivity index is 2.14. The number of hydrogen-bond acceptors (Lipinski definition) is 3. The number of fused-ring (bicyclic) bond motifs is 2. The average molecular weight is 370 g/mol. The molecule has 0 aliphatic carbocycles. The van der Waals surface area contributed by atoms with Crippen molar-refractivity contribution in [2.45, 2.75) is 33.2 Å². The topological polar surface area (TPSA) is 42.8 Å². The fourth-order valence-corrected chi connectivity index (χ4v) is 3.89.